The van der Waals surface area contributed by atoms with E-state index in [0.29, 0.717) is 17.3 Å². The van der Waals surface area contributed by atoms with E-state index in [1.807, 2.05) is 37.3 Å². The molecule has 0 spiro atoms. The fraction of sp³-hybridized carbons (Fsp3) is 0.143. The molecule has 0 aliphatic rings. The monoisotopic (exact) mass is 410 g/mol. The number of rotatable bonds is 7. The normalized spacial score (nSPS) is 11.0. The van der Waals surface area contributed by atoms with E-state index in [9.17, 15) is 14.9 Å². The van der Waals surface area contributed by atoms with Crippen molar-refractivity contribution in [1.29, 1.82) is 0 Å². The van der Waals surface area contributed by atoms with E-state index in [1.54, 1.807) is 22.9 Å². The van der Waals surface area contributed by atoms with E-state index < -0.39 is 4.92 Å². The SMILES string of the molecule is Cc1nn(Cc2ccccc2)c(Cl)c1/C=C/C(=O)NCc1ccc([N+](=O)[O-])cc1. The first-order chi connectivity index (χ1) is 13.9. The van der Waals surface area contributed by atoms with Crippen LogP contribution >= 0.6 is 11.6 Å². The lowest BCUT2D eigenvalue weighted by atomic mass is 10.2. The zero-order valence-corrected chi connectivity index (χ0v) is 16.5. The second-order valence-electron chi connectivity index (χ2n) is 6.41. The van der Waals surface area contributed by atoms with Crippen molar-refractivity contribution in [3.05, 3.63) is 98.3 Å². The Morgan fingerprint density at radius 2 is 1.86 bits per heavy atom. The molecular formula is C21H19ClN4O3. The van der Waals surface area contributed by atoms with E-state index in [1.165, 1.54) is 18.2 Å². The average Bonchev–Trinajstić information content (AvgIpc) is 2.98. The number of halogens is 1. The molecule has 0 fully saturated rings. The predicted molar refractivity (Wildman–Crippen MR) is 111 cm³/mol. The summed E-state index contributed by atoms with van der Waals surface area (Å²) in [6.07, 6.45) is 3.03. The summed E-state index contributed by atoms with van der Waals surface area (Å²) < 4.78 is 1.70. The summed E-state index contributed by atoms with van der Waals surface area (Å²) >= 11 is 6.44. The molecule has 29 heavy (non-hydrogen) atoms. The molecule has 1 N–H and O–H groups in total. The summed E-state index contributed by atoms with van der Waals surface area (Å²) in [5.41, 5.74) is 3.27. The van der Waals surface area contributed by atoms with Gasteiger partial charge < -0.3 is 5.32 Å². The summed E-state index contributed by atoms with van der Waals surface area (Å²) in [6.45, 7) is 2.64. The second-order valence-corrected chi connectivity index (χ2v) is 6.77. The van der Waals surface area contributed by atoms with Crippen LogP contribution in [0, 0.1) is 17.0 Å². The minimum absolute atomic E-state index is 0.0117. The number of benzene rings is 2. The van der Waals surface area contributed by atoms with Crippen LogP contribution < -0.4 is 5.32 Å². The van der Waals surface area contributed by atoms with Gasteiger partial charge in [0.05, 0.1) is 17.2 Å². The summed E-state index contributed by atoms with van der Waals surface area (Å²) in [5.74, 6) is -0.297. The van der Waals surface area contributed by atoms with Crippen molar-refractivity contribution < 1.29 is 9.72 Å². The number of hydrogen-bond donors (Lipinski definition) is 1. The van der Waals surface area contributed by atoms with Gasteiger partial charge in [-0.2, -0.15) is 5.10 Å². The molecule has 1 heterocycles. The van der Waals surface area contributed by atoms with Crippen molar-refractivity contribution in [1.82, 2.24) is 15.1 Å². The number of non-ortho nitro benzene ring substituents is 1. The molecule has 148 valence electrons. The molecule has 3 aromatic rings. The van der Waals surface area contributed by atoms with Crippen LogP contribution in [0.2, 0.25) is 5.15 Å². The van der Waals surface area contributed by atoms with E-state index in [-0.39, 0.29) is 18.1 Å². The second kappa shape index (κ2) is 9.16. The Labute approximate surface area is 172 Å². The highest BCUT2D eigenvalue weighted by atomic mass is 35.5. The molecule has 0 unspecified atom stereocenters. The molecule has 3 rings (SSSR count). The van der Waals surface area contributed by atoms with Gasteiger partial charge in [-0.3, -0.25) is 14.9 Å². The summed E-state index contributed by atoms with van der Waals surface area (Å²) in [7, 11) is 0. The lowest BCUT2D eigenvalue weighted by molar-refractivity contribution is -0.384. The first kappa shape index (κ1) is 20.3. The Hall–Kier alpha value is -3.45. The highest BCUT2D eigenvalue weighted by Crippen LogP contribution is 2.22. The zero-order chi connectivity index (χ0) is 20.8. The van der Waals surface area contributed by atoms with Gasteiger partial charge in [0.1, 0.15) is 5.15 Å². The van der Waals surface area contributed by atoms with Gasteiger partial charge in [0, 0.05) is 30.3 Å². The van der Waals surface area contributed by atoms with Gasteiger partial charge in [-0.25, -0.2) is 4.68 Å². The Morgan fingerprint density at radius 1 is 1.17 bits per heavy atom. The van der Waals surface area contributed by atoms with E-state index in [0.717, 1.165) is 16.8 Å². The number of hydrogen-bond acceptors (Lipinski definition) is 4. The maximum absolute atomic E-state index is 12.1. The summed E-state index contributed by atoms with van der Waals surface area (Å²) in [4.78, 5) is 22.3. The van der Waals surface area contributed by atoms with Gasteiger partial charge in [0.15, 0.2) is 0 Å². The van der Waals surface area contributed by atoms with Crippen LogP contribution in [0.3, 0.4) is 0 Å². The molecule has 1 aromatic heterocycles. The van der Waals surface area contributed by atoms with Crippen LogP contribution in [0.5, 0.6) is 0 Å². The topological polar surface area (TPSA) is 90.1 Å². The summed E-state index contributed by atoms with van der Waals surface area (Å²) in [6, 6.07) is 15.9. The number of aryl methyl sites for hydroxylation is 1. The molecular weight excluding hydrogens is 392 g/mol. The average molecular weight is 411 g/mol. The number of nitro benzene ring substituents is 1. The number of nitrogens with zero attached hydrogens (tertiary/aromatic N) is 3. The zero-order valence-electron chi connectivity index (χ0n) is 15.7. The molecule has 8 heteroatoms. The molecule has 0 saturated carbocycles. The largest absolute Gasteiger partial charge is 0.348 e. The molecule has 0 radical (unpaired) electrons. The number of aromatic nitrogens is 2. The Balaban J connectivity index is 1.61. The molecule has 0 atom stereocenters. The third-order valence-electron chi connectivity index (χ3n) is 4.30. The van der Waals surface area contributed by atoms with Crippen molar-refractivity contribution in [3.63, 3.8) is 0 Å². The number of carbonyl (C=O) groups excluding carboxylic acids is 1. The van der Waals surface area contributed by atoms with Crippen LogP contribution in [0.15, 0.2) is 60.7 Å². The molecule has 7 nitrogen and oxygen atoms in total. The minimum atomic E-state index is -0.463. The molecule has 0 aliphatic carbocycles. The van der Waals surface area contributed by atoms with E-state index in [4.69, 9.17) is 11.6 Å². The van der Waals surface area contributed by atoms with Crippen molar-refractivity contribution in [2.45, 2.75) is 20.0 Å². The maximum Gasteiger partial charge on any atom is 0.269 e. The highest BCUT2D eigenvalue weighted by molar-refractivity contribution is 6.31. The van der Waals surface area contributed by atoms with Crippen LogP contribution in [0.25, 0.3) is 6.08 Å². The number of nitrogens with one attached hydrogen (secondary N) is 1. The third kappa shape index (κ3) is 5.30. The molecule has 1 amide bonds. The molecule has 0 aliphatic heterocycles. The van der Waals surface area contributed by atoms with Crippen LogP contribution in [-0.2, 0) is 17.9 Å². The Morgan fingerprint density at radius 3 is 2.52 bits per heavy atom. The quantitative estimate of drug-likeness (QED) is 0.360. The van der Waals surface area contributed by atoms with Crippen LogP contribution in [0.4, 0.5) is 5.69 Å². The third-order valence-corrected chi connectivity index (χ3v) is 4.70. The van der Waals surface area contributed by atoms with Gasteiger partial charge >= 0.3 is 0 Å². The minimum Gasteiger partial charge on any atom is -0.348 e. The predicted octanol–water partition coefficient (Wildman–Crippen LogP) is 4.13. The van der Waals surface area contributed by atoms with E-state index >= 15 is 0 Å². The van der Waals surface area contributed by atoms with Crippen molar-refractivity contribution in [3.8, 4) is 0 Å². The first-order valence-electron chi connectivity index (χ1n) is 8.90. The number of amides is 1. The highest BCUT2D eigenvalue weighted by Gasteiger charge is 2.12. The van der Waals surface area contributed by atoms with Gasteiger partial charge in [0.25, 0.3) is 5.69 Å². The van der Waals surface area contributed by atoms with Crippen molar-refractivity contribution >= 4 is 29.3 Å². The van der Waals surface area contributed by atoms with Gasteiger partial charge in [-0.15, -0.1) is 0 Å². The standard InChI is InChI=1S/C21H19ClN4O3/c1-15-19(21(22)25(24-15)14-17-5-3-2-4-6-17)11-12-20(27)23-13-16-7-9-18(10-8-16)26(28)29/h2-12H,13-14H2,1H3,(H,23,27)/b12-11+. The van der Waals surface area contributed by atoms with Gasteiger partial charge in [-0.1, -0.05) is 54.1 Å². The number of carbonyl (C=O) groups is 1. The number of nitro groups is 1. The molecule has 2 aromatic carbocycles. The lowest BCUT2D eigenvalue weighted by Gasteiger charge is -2.03. The van der Waals surface area contributed by atoms with E-state index in [2.05, 4.69) is 10.4 Å². The maximum atomic E-state index is 12.1. The summed E-state index contributed by atoms with van der Waals surface area (Å²) in [5, 5.41) is 18.3. The fourth-order valence-electron chi connectivity index (χ4n) is 2.76. The smallest absolute Gasteiger partial charge is 0.269 e. The molecule has 0 saturated heterocycles. The van der Waals surface area contributed by atoms with Gasteiger partial charge in [0.2, 0.25) is 5.91 Å². The Kier molecular flexibility index (Phi) is 6.41. The fourth-order valence-corrected chi connectivity index (χ4v) is 3.06. The van der Waals surface area contributed by atoms with Crippen molar-refractivity contribution in [2.24, 2.45) is 0 Å². The first-order valence-corrected chi connectivity index (χ1v) is 9.28. The van der Waals surface area contributed by atoms with Crippen molar-refractivity contribution in [2.75, 3.05) is 0 Å². The lowest BCUT2D eigenvalue weighted by Crippen LogP contribution is -2.20. The Bertz CT molecular complexity index is 1040. The molecule has 0 bridgehead atoms. The van der Waals surface area contributed by atoms with Crippen LogP contribution in [-0.4, -0.2) is 20.6 Å². The van der Waals surface area contributed by atoms with Crippen LogP contribution in [0.1, 0.15) is 22.4 Å². The van der Waals surface area contributed by atoms with Gasteiger partial charge in [-0.05, 0) is 24.1 Å².